The first-order chi connectivity index (χ1) is 7.94. The molecule has 0 saturated carbocycles. The second kappa shape index (κ2) is 4.60. The average molecular weight is 238 g/mol. The summed E-state index contributed by atoms with van der Waals surface area (Å²) in [5.74, 6) is 0.311. The van der Waals surface area contributed by atoms with Gasteiger partial charge in [0.05, 0.1) is 0 Å². The zero-order chi connectivity index (χ0) is 12.6. The monoisotopic (exact) mass is 238 g/mol. The molecule has 0 aliphatic carbocycles. The van der Waals surface area contributed by atoms with Gasteiger partial charge in [-0.15, -0.1) is 0 Å². The topological polar surface area (TPSA) is 32.3 Å². The fourth-order valence-corrected chi connectivity index (χ4v) is 3.14. The molecule has 1 N–H and O–H groups in total. The highest BCUT2D eigenvalue weighted by Crippen LogP contribution is 2.31. The van der Waals surface area contributed by atoms with Crippen LogP contribution in [0.1, 0.15) is 52.9 Å². The molecule has 2 fully saturated rings. The number of hydrogen-bond donors (Lipinski definition) is 1. The van der Waals surface area contributed by atoms with Crippen molar-refractivity contribution in [1.82, 2.24) is 10.2 Å². The van der Waals surface area contributed by atoms with Crippen molar-refractivity contribution >= 4 is 5.91 Å². The number of fused-ring (bicyclic) bond motifs is 2. The molecule has 1 amide bonds. The van der Waals surface area contributed by atoms with Gasteiger partial charge in [-0.3, -0.25) is 4.79 Å². The summed E-state index contributed by atoms with van der Waals surface area (Å²) in [5.41, 5.74) is -0.210. The lowest BCUT2D eigenvalue weighted by Gasteiger charge is -2.39. The van der Waals surface area contributed by atoms with Crippen LogP contribution in [0.5, 0.6) is 0 Å². The summed E-state index contributed by atoms with van der Waals surface area (Å²) in [4.78, 5) is 14.5. The van der Waals surface area contributed by atoms with Crippen LogP contribution in [0.15, 0.2) is 0 Å². The lowest BCUT2D eigenvalue weighted by atomic mass is 9.87. The zero-order valence-corrected chi connectivity index (χ0v) is 11.6. The van der Waals surface area contributed by atoms with Gasteiger partial charge < -0.3 is 10.2 Å². The van der Waals surface area contributed by atoms with Crippen molar-refractivity contribution in [3.63, 3.8) is 0 Å². The van der Waals surface area contributed by atoms with Gasteiger partial charge >= 0.3 is 0 Å². The Morgan fingerprint density at radius 2 is 1.82 bits per heavy atom. The van der Waals surface area contributed by atoms with Crippen molar-refractivity contribution in [3.8, 4) is 0 Å². The standard InChI is InChI=1S/C14H26N2O/c1-5-14(2,3)13(17)16(4)12-8-10-6-7-11(9-12)15-10/h10-12,15H,5-9H2,1-4H3. The number of nitrogens with one attached hydrogen (secondary N) is 1. The zero-order valence-electron chi connectivity index (χ0n) is 11.6. The molecule has 98 valence electrons. The van der Waals surface area contributed by atoms with Crippen LogP contribution in [-0.4, -0.2) is 36.0 Å². The van der Waals surface area contributed by atoms with Crippen LogP contribution in [0.3, 0.4) is 0 Å². The van der Waals surface area contributed by atoms with Crippen molar-refractivity contribution in [3.05, 3.63) is 0 Å². The van der Waals surface area contributed by atoms with Gasteiger partial charge in [-0.2, -0.15) is 0 Å². The predicted octanol–water partition coefficient (Wildman–Crippen LogP) is 2.16. The molecule has 0 spiro atoms. The normalized spacial score (nSPS) is 32.6. The van der Waals surface area contributed by atoms with Gasteiger partial charge in [0.25, 0.3) is 0 Å². The van der Waals surface area contributed by atoms with E-state index in [2.05, 4.69) is 26.1 Å². The molecule has 2 atom stereocenters. The third-order valence-corrected chi connectivity index (χ3v) is 4.78. The number of amides is 1. The summed E-state index contributed by atoms with van der Waals surface area (Å²) in [6, 6.07) is 1.75. The molecule has 2 aliphatic rings. The number of nitrogens with zero attached hydrogens (tertiary/aromatic N) is 1. The van der Waals surface area contributed by atoms with Crippen LogP contribution in [0.25, 0.3) is 0 Å². The average Bonchev–Trinajstić information content (AvgIpc) is 2.66. The predicted molar refractivity (Wildman–Crippen MR) is 69.8 cm³/mol. The van der Waals surface area contributed by atoms with E-state index in [1.807, 2.05) is 11.9 Å². The van der Waals surface area contributed by atoms with Gasteiger partial charge in [0.2, 0.25) is 5.91 Å². The van der Waals surface area contributed by atoms with Crippen molar-refractivity contribution in [2.75, 3.05) is 7.05 Å². The maximum Gasteiger partial charge on any atom is 0.228 e. The molecule has 0 aromatic heterocycles. The van der Waals surface area contributed by atoms with Crippen LogP contribution >= 0.6 is 0 Å². The molecule has 2 aliphatic heterocycles. The Morgan fingerprint density at radius 1 is 1.29 bits per heavy atom. The minimum atomic E-state index is -0.210. The molecule has 2 rings (SSSR count). The Morgan fingerprint density at radius 3 is 2.29 bits per heavy atom. The number of carbonyl (C=O) groups is 1. The maximum absolute atomic E-state index is 12.4. The largest absolute Gasteiger partial charge is 0.342 e. The summed E-state index contributed by atoms with van der Waals surface area (Å²) in [6.07, 6.45) is 5.77. The van der Waals surface area contributed by atoms with Gasteiger partial charge in [-0.25, -0.2) is 0 Å². The molecule has 17 heavy (non-hydrogen) atoms. The Hall–Kier alpha value is -0.570. The molecule has 2 unspecified atom stereocenters. The molecular formula is C14H26N2O. The lowest BCUT2D eigenvalue weighted by Crippen LogP contribution is -2.51. The second-order valence-corrected chi connectivity index (χ2v) is 6.42. The first kappa shape index (κ1) is 12.9. The summed E-state index contributed by atoms with van der Waals surface area (Å²) in [7, 11) is 2.00. The lowest BCUT2D eigenvalue weighted by molar-refractivity contribution is -0.142. The molecule has 0 aromatic carbocycles. The number of carbonyl (C=O) groups excluding carboxylic acids is 1. The summed E-state index contributed by atoms with van der Waals surface area (Å²) >= 11 is 0. The van der Waals surface area contributed by atoms with Gasteiger partial charge in [-0.1, -0.05) is 20.8 Å². The van der Waals surface area contributed by atoms with Gasteiger partial charge in [0, 0.05) is 30.6 Å². The highest BCUT2D eigenvalue weighted by atomic mass is 16.2. The van der Waals surface area contributed by atoms with E-state index < -0.39 is 0 Å². The minimum absolute atomic E-state index is 0.210. The van der Waals surface area contributed by atoms with Crippen molar-refractivity contribution in [2.24, 2.45) is 5.41 Å². The SMILES string of the molecule is CCC(C)(C)C(=O)N(C)C1CC2CCC(C1)N2. The van der Waals surface area contributed by atoms with E-state index in [1.54, 1.807) is 0 Å². The molecule has 3 heteroatoms. The summed E-state index contributed by atoms with van der Waals surface area (Å²) in [6.45, 7) is 6.21. The Kier molecular flexibility index (Phi) is 3.48. The molecule has 2 saturated heterocycles. The molecular weight excluding hydrogens is 212 g/mol. The minimum Gasteiger partial charge on any atom is -0.342 e. The van der Waals surface area contributed by atoms with Crippen LogP contribution in [-0.2, 0) is 4.79 Å². The van der Waals surface area contributed by atoms with Gasteiger partial charge in [0.15, 0.2) is 0 Å². The van der Waals surface area contributed by atoms with E-state index in [0.717, 1.165) is 19.3 Å². The molecule has 2 heterocycles. The van der Waals surface area contributed by atoms with Crippen molar-refractivity contribution in [2.45, 2.75) is 71.0 Å². The molecule has 3 nitrogen and oxygen atoms in total. The van der Waals surface area contributed by atoms with E-state index in [4.69, 9.17) is 0 Å². The Balaban J connectivity index is 2.00. The van der Waals surface area contributed by atoms with Gasteiger partial charge in [0.1, 0.15) is 0 Å². The van der Waals surface area contributed by atoms with Crippen molar-refractivity contribution in [1.29, 1.82) is 0 Å². The fraction of sp³-hybridized carbons (Fsp3) is 0.929. The second-order valence-electron chi connectivity index (χ2n) is 6.42. The van der Waals surface area contributed by atoms with E-state index in [9.17, 15) is 4.79 Å². The molecule has 0 radical (unpaired) electrons. The highest BCUT2D eigenvalue weighted by Gasteiger charge is 2.39. The summed E-state index contributed by atoms with van der Waals surface area (Å²) in [5, 5.41) is 3.63. The fourth-order valence-electron chi connectivity index (χ4n) is 3.14. The van der Waals surface area contributed by atoms with E-state index in [1.165, 1.54) is 12.8 Å². The quantitative estimate of drug-likeness (QED) is 0.817. The Bertz CT molecular complexity index is 289. The maximum atomic E-state index is 12.4. The van der Waals surface area contributed by atoms with Crippen LogP contribution in [0.4, 0.5) is 0 Å². The molecule has 0 aromatic rings. The van der Waals surface area contributed by atoms with Crippen LogP contribution in [0.2, 0.25) is 0 Å². The third-order valence-electron chi connectivity index (χ3n) is 4.78. The first-order valence-electron chi connectivity index (χ1n) is 6.97. The van der Waals surface area contributed by atoms with E-state index in [0.29, 0.717) is 24.0 Å². The molecule has 2 bridgehead atoms. The third kappa shape index (κ3) is 2.49. The highest BCUT2D eigenvalue weighted by molar-refractivity contribution is 5.82. The number of rotatable bonds is 3. The first-order valence-corrected chi connectivity index (χ1v) is 6.97. The number of hydrogen-bond acceptors (Lipinski definition) is 2. The van der Waals surface area contributed by atoms with E-state index in [-0.39, 0.29) is 5.41 Å². The van der Waals surface area contributed by atoms with Crippen LogP contribution in [0, 0.1) is 5.41 Å². The van der Waals surface area contributed by atoms with E-state index >= 15 is 0 Å². The Labute approximate surface area is 105 Å². The number of piperidine rings is 1. The van der Waals surface area contributed by atoms with Crippen molar-refractivity contribution < 1.29 is 4.79 Å². The van der Waals surface area contributed by atoms with Crippen LogP contribution < -0.4 is 5.32 Å². The van der Waals surface area contributed by atoms with Gasteiger partial charge in [-0.05, 0) is 32.1 Å². The smallest absolute Gasteiger partial charge is 0.228 e. The summed E-state index contributed by atoms with van der Waals surface area (Å²) < 4.78 is 0.